The summed E-state index contributed by atoms with van der Waals surface area (Å²) in [6.07, 6.45) is 3.25. The number of nitrogens with zero attached hydrogens (tertiary/aromatic N) is 3. The van der Waals surface area contributed by atoms with Crippen molar-refractivity contribution in [2.75, 3.05) is 27.7 Å². The number of hydrogen-bond donors (Lipinski definition) is 2. The fraction of sp³-hybridized carbons (Fsp3) is 0.622. The van der Waals surface area contributed by atoms with Crippen LogP contribution >= 0.6 is 11.3 Å². The van der Waals surface area contributed by atoms with Gasteiger partial charge in [-0.2, -0.15) is 0 Å². The molecule has 3 amide bonds. The molecule has 2 heterocycles. The fourth-order valence-corrected chi connectivity index (χ4v) is 7.21. The van der Waals surface area contributed by atoms with E-state index in [1.807, 2.05) is 70.0 Å². The average Bonchev–Trinajstić information content (AvgIpc) is 3.58. The zero-order valence-electron chi connectivity index (χ0n) is 30.8. The maximum absolute atomic E-state index is 14.0. The molecule has 12 nitrogen and oxygen atoms in total. The Bertz CT molecular complexity index is 1430. The van der Waals surface area contributed by atoms with Gasteiger partial charge in [-0.15, -0.1) is 11.3 Å². The molecule has 276 valence electrons. The van der Waals surface area contributed by atoms with Crippen LogP contribution in [-0.4, -0.2) is 96.4 Å². The molecule has 5 atom stereocenters. The van der Waals surface area contributed by atoms with Crippen LogP contribution in [0.15, 0.2) is 35.7 Å². The fourth-order valence-electron chi connectivity index (χ4n) is 6.37. The monoisotopic (exact) mass is 713 g/mol. The van der Waals surface area contributed by atoms with Crippen molar-refractivity contribution in [3.63, 3.8) is 0 Å². The second-order valence-corrected chi connectivity index (χ2v) is 14.8. The standard InChI is InChI=1S/C37H55N5O7S/c1-23(2)30(42(7)37(47)33(24(3)4)40-35(46)29-16-12-13-19-41(29)6)21-31(49-25(5)43)36-39-28(22-50-36)34(45)38-27(17-18-32(44)48-8)20-26-14-10-9-11-15-26/h9-11,14-15,22-24,27,29-31,33H,12-13,16-21H2,1-8H3,(H,38,45)(H,40,46). The van der Waals surface area contributed by atoms with Gasteiger partial charge in [-0.3, -0.25) is 28.9 Å². The third-order valence-electron chi connectivity index (χ3n) is 9.30. The quantitative estimate of drug-likeness (QED) is 0.226. The number of rotatable bonds is 17. The second-order valence-electron chi connectivity index (χ2n) is 13.9. The van der Waals surface area contributed by atoms with Gasteiger partial charge in [0.2, 0.25) is 11.8 Å². The Labute approximate surface area is 300 Å². The Kier molecular flexibility index (Phi) is 15.8. The van der Waals surface area contributed by atoms with Gasteiger partial charge in [0, 0.05) is 44.3 Å². The summed E-state index contributed by atoms with van der Waals surface area (Å²) in [5.74, 6) is -1.84. The van der Waals surface area contributed by atoms with Gasteiger partial charge >= 0.3 is 11.9 Å². The van der Waals surface area contributed by atoms with Gasteiger partial charge in [0.1, 0.15) is 16.7 Å². The van der Waals surface area contributed by atoms with E-state index in [0.717, 1.165) is 31.4 Å². The number of esters is 2. The van der Waals surface area contributed by atoms with Crippen LogP contribution < -0.4 is 10.6 Å². The lowest BCUT2D eigenvalue weighted by Gasteiger charge is -2.37. The van der Waals surface area contributed by atoms with E-state index in [9.17, 15) is 24.0 Å². The molecule has 0 saturated carbocycles. The lowest BCUT2D eigenvalue weighted by molar-refractivity contribution is -0.149. The molecule has 0 radical (unpaired) electrons. The molecule has 1 aliphatic heterocycles. The van der Waals surface area contributed by atoms with E-state index in [1.165, 1.54) is 25.4 Å². The lowest BCUT2D eigenvalue weighted by Crippen LogP contribution is -2.57. The highest BCUT2D eigenvalue weighted by molar-refractivity contribution is 7.09. The SMILES string of the molecule is COC(=O)CCC(Cc1ccccc1)NC(=O)c1csc(C(CC(C(C)C)N(C)C(=O)C(NC(=O)C2CCCCN2C)C(C)C)OC(C)=O)n1. The number of ether oxygens (including phenoxy) is 2. The molecule has 0 aliphatic carbocycles. The summed E-state index contributed by atoms with van der Waals surface area (Å²) < 4.78 is 10.6. The van der Waals surface area contributed by atoms with E-state index in [0.29, 0.717) is 17.8 Å². The molecule has 5 unspecified atom stereocenters. The van der Waals surface area contributed by atoms with E-state index in [-0.39, 0.29) is 66.3 Å². The molecule has 50 heavy (non-hydrogen) atoms. The smallest absolute Gasteiger partial charge is 0.305 e. The van der Waals surface area contributed by atoms with Crippen LogP contribution in [0.4, 0.5) is 0 Å². The van der Waals surface area contributed by atoms with Crippen LogP contribution in [-0.2, 0) is 35.1 Å². The van der Waals surface area contributed by atoms with Crippen molar-refractivity contribution in [2.24, 2.45) is 11.8 Å². The molecule has 0 bridgehead atoms. The minimum atomic E-state index is -0.816. The number of carbonyl (C=O) groups is 5. The summed E-state index contributed by atoms with van der Waals surface area (Å²) >= 11 is 1.20. The predicted octanol–water partition coefficient (Wildman–Crippen LogP) is 4.54. The number of likely N-dealkylation sites (tertiary alicyclic amines) is 1. The number of hydrogen-bond acceptors (Lipinski definition) is 10. The molecule has 3 rings (SSSR count). The van der Waals surface area contributed by atoms with Crippen molar-refractivity contribution in [3.05, 3.63) is 52.0 Å². The van der Waals surface area contributed by atoms with Crippen LogP contribution in [0.3, 0.4) is 0 Å². The molecule has 2 N–H and O–H groups in total. The van der Waals surface area contributed by atoms with E-state index < -0.39 is 24.0 Å². The lowest BCUT2D eigenvalue weighted by atomic mass is 9.94. The Morgan fingerprint density at radius 2 is 1.74 bits per heavy atom. The topological polar surface area (TPSA) is 147 Å². The van der Waals surface area contributed by atoms with E-state index in [1.54, 1.807) is 17.3 Å². The van der Waals surface area contributed by atoms with Gasteiger partial charge in [-0.1, -0.05) is 64.4 Å². The molecule has 13 heteroatoms. The number of amides is 3. The first-order chi connectivity index (χ1) is 23.7. The zero-order valence-corrected chi connectivity index (χ0v) is 31.6. The van der Waals surface area contributed by atoms with Crippen LogP contribution in [0.1, 0.15) is 100 Å². The third-order valence-corrected chi connectivity index (χ3v) is 10.2. The normalized spacial score (nSPS) is 17.4. The first-order valence-corrected chi connectivity index (χ1v) is 18.4. The number of carbonyl (C=O) groups excluding carboxylic acids is 5. The summed E-state index contributed by atoms with van der Waals surface area (Å²) in [5, 5.41) is 8.09. The highest BCUT2D eigenvalue weighted by Gasteiger charge is 2.36. The maximum Gasteiger partial charge on any atom is 0.305 e. The van der Waals surface area contributed by atoms with Gasteiger partial charge in [-0.25, -0.2) is 4.98 Å². The number of piperidine rings is 1. The summed E-state index contributed by atoms with van der Waals surface area (Å²) in [4.78, 5) is 73.2. The molecule has 1 aromatic carbocycles. The first-order valence-electron chi connectivity index (χ1n) is 17.5. The van der Waals surface area contributed by atoms with E-state index >= 15 is 0 Å². The Hall–Kier alpha value is -3.84. The van der Waals surface area contributed by atoms with Crippen molar-refractivity contribution < 1.29 is 33.4 Å². The number of aromatic nitrogens is 1. The van der Waals surface area contributed by atoms with Crippen molar-refractivity contribution in [3.8, 4) is 0 Å². The zero-order chi connectivity index (χ0) is 37.0. The maximum atomic E-state index is 14.0. The number of likely N-dealkylation sites (N-methyl/N-ethyl adjacent to an activating group) is 2. The first kappa shape index (κ1) is 40.6. The Morgan fingerprint density at radius 3 is 2.34 bits per heavy atom. The number of benzene rings is 1. The largest absolute Gasteiger partial charge is 0.469 e. The van der Waals surface area contributed by atoms with Gasteiger partial charge in [0.15, 0.2) is 6.10 Å². The molecule has 0 spiro atoms. The molecular weight excluding hydrogens is 659 g/mol. The third kappa shape index (κ3) is 11.9. The summed E-state index contributed by atoms with van der Waals surface area (Å²) in [5.41, 5.74) is 1.18. The molecule has 1 aliphatic rings. The highest BCUT2D eigenvalue weighted by atomic mass is 32.1. The second kappa shape index (κ2) is 19.5. The molecule has 2 aromatic rings. The van der Waals surface area contributed by atoms with Crippen molar-refractivity contribution in [1.29, 1.82) is 0 Å². The summed E-state index contributed by atoms with van der Waals surface area (Å²) in [6.45, 7) is 9.96. The molecule has 1 saturated heterocycles. The van der Waals surface area contributed by atoms with E-state index in [2.05, 4.69) is 15.6 Å². The molecule has 1 fully saturated rings. The number of thiazole rings is 1. The minimum absolute atomic E-state index is 0.0358. The van der Waals surface area contributed by atoms with Crippen LogP contribution in [0.5, 0.6) is 0 Å². The molecule has 1 aromatic heterocycles. The van der Waals surface area contributed by atoms with Crippen molar-refractivity contribution >= 4 is 41.0 Å². The van der Waals surface area contributed by atoms with Gasteiger partial charge < -0.3 is 25.0 Å². The Balaban J connectivity index is 1.78. The van der Waals surface area contributed by atoms with Crippen molar-refractivity contribution in [1.82, 2.24) is 25.4 Å². The van der Waals surface area contributed by atoms with Gasteiger partial charge in [0.05, 0.1) is 13.2 Å². The van der Waals surface area contributed by atoms with Crippen LogP contribution in [0, 0.1) is 11.8 Å². The van der Waals surface area contributed by atoms with Gasteiger partial charge in [0.25, 0.3) is 5.91 Å². The van der Waals surface area contributed by atoms with Crippen LogP contribution in [0.2, 0.25) is 0 Å². The van der Waals surface area contributed by atoms with Crippen LogP contribution in [0.25, 0.3) is 0 Å². The van der Waals surface area contributed by atoms with Crippen molar-refractivity contribution in [2.45, 2.75) is 110 Å². The summed E-state index contributed by atoms with van der Waals surface area (Å²) in [7, 11) is 4.99. The minimum Gasteiger partial charge on any atom is -0.469 e. The average molecular weight is 714 g/mol. The Morgan fingerprint density at radius 1 is 1.04 bits per heavy atom. The predicted molar refractivity (Wildman–Crippen MR) is 192 cm³/mol. The number of methoxy groups -OCH3 is 1. The number of nitrogens with one attached hydrogen (secondary N) is 2. The highest BCUT2D eigenvalue weighted by Crippen LogP contribution is 2.31. The van der Waals surface area contributed by atoms with Gasteiger partial charge in [-0.05, 0) is 56.7 Å². The van der Waals surface area contributed by atoms with E-state index in [4.69, 9.17) is 9.47 Å². The summed E-state index contributed by atoms with van der Waals surface area (Å²) in [6, 6.07) is 7.94. The molecular formula is C37H55N5O7S.